The van der Waals surface area contributed by atoms with Crippen LogP contribution in [0.2, 0.25) is 0 Å². The molecule has 0 atom stereocenters. The summed E-state index contributed by atoms with van der Waals surface area (Å²) in [4.78, 5) is 9.35. The minimum atomic E-state index is 0.976. The van der Waals surface area contributed by atoms with Crippen LogP contribution in [-0.2, 0) is 0 Å². The smallest absolute Gasteiger partial charge is 0.0702 e. The van der Waals surface area contributed by atoms with E-state index in [2.05, 4.69) is 144 Å². The number of aryl methyl sites for hydroxylation is 1. The van der Waals surface area contributed by atoms with Crippen molar-refractivity contribution in [1.82, 2.24) is 9.97 Å². The third-order valence-corrected chi connectivity index (χ3v) is 9.24. The van der Waals surface area contributed by atoms with E-state index in [1.165, 1.54) is 71.6 Å². The van der Waals surface area contributed by atoms with E-state index in [9.17, 15) is 0 Å². The molecule has 0 unspecified atom stereocenters. The fourth-order valence-corrected chi connectivity index (χ4v) is 7.28. The molecular weight excluding hydrogens is 544 g/mol. The standard InChI is InChI=1S/C43H28N2/c1-27-21-22-36-41-32(27)17-10-18-35(41)42-39(30-13-8-11-28(25-30)37-19-4-6-23-44-37)33-15-2-3-16-34(33)40(43(36)42)31-14-9-12-29(26-31)38-20-5-7-24-45-38/h2-26H,1H3. The van der Waals surface area contributed by atoms with Crippen LogP contribution in [-0.4, -0.2) is 9.97 Å². The number of hydrogen-bond acceptors (Lipinski definition) is 2. The Morgan fingerprint density at radius 1 is 0.378 bits per heavy atom. The minimum absolute atomic E-state index is 0.976. The Morgan fingerprint density at radius 3 is 1.42 bits per heavy atom. The van der Waals surface area contributed by atoms with Crippen molar-refractivity contribution in [3.63, 3.8) is 0 Å². The average Bonchev–Trinajstić information content (AvgIpc) is 3.44. The molecule has 8 aromatic rings. The average molecular weight is 573 g/mol. The molecule has 0 saturated carbocycles. The van der Waals surface area contributed by atoms with Crippen LogP contribution in [0.25, 0.3) is 88.6 Å². The first kappa shape index (κ1) is 25.6. The van der Waals surface area contributed by atoms with E-state index in [0.29, 0.717) is 0 Å². The molecule has 2 aromatic heterocycles. The summed E-state index contributed by atoms with van der Waals surface area (Å²) in [5, 5.41) is 5.14. The SMILES string of the molecule is Cc1ccc2c3c(cccc13)-c1c-2c(-c2cccc(-c3ccccn3)c2)c2ccccc2c1-c1cccc(-c2ccccn2)c1. The molecule has 1 aliphatic carbocycles. The van der Waals surface area contributed by atoms with Gasteiger partial charge in [0.2, 0.25) is 0 Å². The molecule has 2 heterocycles. The van der Waals surface area contributed by atoms with E-state index in [1.807, 2.05) is 24.5 Å². The molecule has 6 aromatic carbocycles. The zero-order valence-electron chi connectivity index (χ0n) is 24.8. The van der Waals surface area contributed by atoms with Gasteiger partial charge in [-0.2, -0.15) is 0 Å². The summed E-state index contributed by atoms with van der Waals surface area (Å²) in [6, 6.07) is 50.3. The van der Waals surface area contributed by atoms with Crippen molar-refractivity contribution in [1.29, 1.82) is 0 Å². The van der Waals surface area contributed by atoms with E-state index in [1.54, 1.807) is 0 Å². The molecule has 0 saturated heterocycles. The third kappa shape index (κ3) is 3.96. The molecule has 0 bridgehead atoms. The Kier molecular flexibility index (Phi) is 5.76. The van der Waals surface area contributed by atoms with Gasteiger partial charge in [0, 0.05) is 23.5 Å². The van der Waals surface area contributed by atoms with E-state index >= 15 is 0 Å². The maximum atomic E-state index is 4.67. The number of hydrogen-bond donors (Lipinski definition) is 0. The number of nitrogens with zero attached hydrogens (tertiary/aromatic N) is 2. The number of aromatic nitrogens is 2. The highest BCUT2D eigenvalue weighted by Gasteiger charge is 2.31. The van der Waals surface area contributed by atoms with Crippen molar-refractivity contribution in [2.24, 2.45) is 0 Å². The summed E-state index contributed by atoms with van der Waals surface area (Å²) in [6.07, 6.45) is 3.73. The van der Waals surface area contributed by atoms with Gasteiger partial charge in [0.1, 0.15) is 0 Å². The second kappa shape index (κ2) is 10.1. The van der Waals surface area contributed by atoms with Crippen LogP contribution in [0.4, 0.5) is 0 Å². The molecule has 0 amide bonds. The van der Waals surface area contributed by atoms with Crippen molar-refractivity contribution < 1.29 is 0 Å². The fourth-order valence-electron chi connectivity index (χ4n) is 7.28. The molecule has 0 fully saturated rings. The summed E-state index contributed by atoms with van der Waals surface area (Å²) in [5.41, 5.74) is 15.6. The van der Waals surface area contributed by atoms with Crippen molar-refractivity contribution in [3.05, 3.63) is 157 Å². The van der Waals surface area contributed by atoms with Gasteiger partial charge in [-0.1, -0.05) is 103 Å². The highest BCUT2D eigenvalue weighted by molar-refractivity contribution is 6.27. The second-order valence-electron chi connectivity index (χ2n) is 11.8. The molecule has 0 radical (unpaired) electrons. The summed E-state index contributed by atoms with van der Waals surface area (Å²) in [5.74, 6) is 0. The zero-order valence-corrected chi connectivity index (χ0v) is 24.8. The number of benzene rings is 6. The first-order valence-corrected chi connectivity index (χ1v) is 15.4. The van der Waals surface area contributed by atoms with Crippen molar-refractivity contribution >= 4 is 21.5 Å². The maximum absolute atomic E-state index is 4.67. The maximum Gasteiger partial charge on any atom is 0.0702 e. The molecule has 2 heteroatoms. The molecule has 0 aliphatic heterocycles. The Labute approximate surface area is 262 Å². The normalized spacial score (nSPS) is 11.7. The first-order valence-electron chi connectivity index (χ1n) is 15.4. The van der Waals surface area contributed by atoms with Gasteiger partial charge in [-0.15, -0.1) is 0 Å². The Balaban J connectivity index is 1.42. The summed E-state index contributed by atoms with van der Waals surface area (Å²) < 4.78 is 0. The van der Waals surface area contributed by atoms with E-state index in [0.717, 1.165) is 22.5 Å². The van der Waals surface area contributed by atoms with Crippen molar-refractivity contribution in [2.75, 3.05) is 0 Å². The predicted octanol–water partition coefficient (Wildman–Crippen LogP) is 11.4. The summed E-state index contributed by atoms with van der Waals surface area (Å²) in [7, 11) is 0. The molecule has 0 N–H and O–H groups in total. The second-order valence-corrected chi connectivity index (χ2v) is 11.8. The lowest BCUT2D eigenvalue weighted by Crippen LogP contribution is -1.94. The topological polar surface area (TPSA) is 25.8 Å². The van der Waals surface area contributed by atoms with Crippen LogP contribution in [0.3, 0.4) is 0 Å². The molecule has 45 heavy (non-hydrogen) atoms. The first-order chi connectivity index (χ1) is 22.3. The van der Waals surface area contributed by atoms with Gasteiger partial charge in [0.05, 0.1) is 11.4 Å². The highest BCUT2D eigenvalue weighted by Crippen LogP contribution is 2.58. The van der Waals surface area contributed by atoms with Gasteiger partial charge >= 0.3 is 0 Å². The van der Waals surface area contributed by atoms with E-state index in [-0.39, 0.29) is 0 Å². The quantitative estimate of drug-likeness (QED) is 0.210. The van der Waals surface area contributed by atoms with Gasteiger partial charge in [0.25, 0.3) is 0 Å². The summed E-state index contributed by atoms with van der Waals surface area (Å²) >= 11 is 0. The number of fused-ring (bicyclic) bond motifs is 4. The van der Waals surface area contributed by atoms with Crippen molar-refractivity contribution in [3.8, 4) is 67.0 Å². The molecule has 9 rings (SSSR count). The van der Waals surface area contributed by atoms with Crippen LogP contribution in [0.5, 0.6) is 0 Å². The fraction of sp³-hybridized carbons (Fsp3) is 0.0233. The lowest BCUT2D eigenvalue weighted by atomic mass is 9.82. The van der Waals surface area contributed by atoms with E-state index in [4.69, 9.17) is 0 Å². The minimum Gasteiger partial charge on any atom is -0.256 e. The zero-order chi connectivity index (χ0) is 29.9. The molecule has 210 valence electrons. The third-order valence-electron chi connectivity index (χ3n) is 9.24. The number of pyridine rings is 2. The lowest BCUT2D eigenvalue weighted by Gasteiger charge is -2.21. The van der Waals surface area contributed by atoms with Gasteiger partial charge in [0.15, 0.2) is 0 Å². The van der Waals surface area contributed by atoms with Gasteiger partial charge in [-0.05, 0) is 115 Å². The predicted molar refractivity (Wildman–Crippen MR) is 188 cm³/mol. The van der Waals surface area contributed by atoms with Crippen LogP contribution in [0.1, 0.15) is 5.56 Å². The van der Waals surface area contributed by atoms with Crippen LogP contribution < -0.4 is 0 Å². The highest BCUT2D eigenvalue weighted by atomic mass is 14.7. The Bertz CT molecular complexity index is 2290. The Morgan fingerprint density at radius 2 is 0.867 bits per heavy atom. The van der Waals surface area contributed by atoms with Crippen LogP contribution in [0, 0.1) is 6.92 Å². The molecule has 1 aliphatic rings. The lowest BCUT2D eigenvalue weighted by molar-refractivity contribution is 1.33. The molecule has 2 nitrogen and oxygen atoms in total. The van der Waals surface area contributed by atoms with Gasteiger partial charge in [-0.25, -0.2) is 0 Å². The Hall–Kier alpha value is -5.86. The number of rotatable bonds is 4. The van der Waals surface area contributed by atoms with Crippen molar-refractivity contribution in [2.45, 2.75) is 6.92 Å². The van der Waals surface area contributed by atoms with E-state index < -0.39 is 0 Å². The largest absolute Gasteiger partial charge is 0.256 e. The van der Waals surface area contributed by atoms with Gasteiger partial charge in [-0.3, -0.25) is 9.97 Å². The monoisotopic (exact) mass is 572 g/mol. The van der Waals surface area contributed by atoms with Crippen LogP contribution in [0.15, 0.2) is 152 Å². The molecular formula is C43H28N2. The van der Waals surface area contributed by atoms with Crippen LogP contribution >= 0.6 is 0 Å². The molecule has 0 spiro atoms. The summed E-state index contributed by atoms with van der Waals surface area (Å²) in [6.45, 7) is 2.22. The van der Waals surface area contributed by atoms with Gasteiger partial charge < -0.3 is 0 Å².